The summed E-state index contributed by atoms with van der Waals surface area (Å²) in [7, 11) is 0. The zero-order valence-electron chi connectivity index (χ0n) is 14.6. The normalized spacial score (nSPS) is 10.8. The number of amides is 1. The number of nitrogens with one attached hydrogen (secondary N) is 2. The minimum Gasteiger partial charge on any atom is -0.457 e. The van der Waals surface area contributed by atoms with Gasteiger partial charge < -0.3 is 9.73 Å². The van der Waals surface area contributed by atoms with Gasteiger partial charge in [0.05, 0.1) is 10.0 Å². The third-order valence-electron chi connectivity index (χ3n) is 3.78. The number of halogens is 2. The number of thiocarbonyl (C=S) groups is 1. The number of carbonyl (C=O) groups excluding carboxylic acids is 1. The van der Waals surface area contributed by atoms with Crippen LogP contribution in [-0.2, 0) is 11.3 Å². The fourth-order valence-corrected chi connectivity index (χ4v) is 2.98. The van der Waals surface area contributed by atoms with Crippen LogP contribution in [0.4, 0.5) is 0 Å². The number of benzene rings is 2. The molecule has 2 N–H and O–H groups in total. The van der Waals surface area contributed by atoms with Crippen molar-refractivity contribution in [1.82, 2.24) is 10.6 Å². The second-order valence-corrected chi connectivity index (χ2v) is 6.99. The molecule has 0 aliphatic rings. The lowest BCUT2D eigenvalue weighted by Gasteiger charge is -2.07. The molecule has 142 valence electrons. The average molecular weight is 431 g/mol. The highest BCUT2D eigenvalue weighted by Gasteiger charge is 2.10. The molecule has 0 fully saturated rings. The van der Waals surface area contributed by atoms with Gasteiger partial charge in [-0.05, 0) is 48.1 Å². The number of rotatable bonds is 5. The smallest absolute Gasteiger partial charge is 0.250 e. The molecule has 2 aromatic carbocycles. The number of furan rings is 1. The molecule has 0 unspecified atom stereocenters. The van der Waals surface area contributed by atoms with Gasteiger partial charge in [0.1, 0.15) is 11.5 Å². The van der Waals surface area contributed by atoms with Gasteiger partial charge in [-0.25, -0.2) is 0 Å². The van der Waals surface area contributed by atoms with Gasteiger partial charge in [-0.3, -0.25) is 10.1 Å². The Hall–Kier alpha value is -2.60. The van der Waals surface area contributed by atoms with Crippen LogP contribution >= 0.6 is 35.4 Å². The van der Waals surface area contributed by atoms with Crippen molar-refractivity contribution in [2.45, 2.75) is 6.54 Å². The van der Waals surface area contributed by atoms with Crippen LogP contribution in [0, 0.1) is 0 Å². The summed E-state index contributed by atoms with van der Waals surface area (Å²) in [5.41, 5.74) is 1.75. The molecule has 1 aromatic heterocycles. The van der Waals surface area contributed by atoms with Crippen molar-refractivity contribution >= 4 is 52.5 Å². The molecule has 0 saturated carbocycles. The van der Waals surface area contributed by atoms with Gasteiger partial charge in [0.25, 0.3) is 0 Å². The van der Waals surface area contributed by atoms with E-state index < -0.39 is 0 Å². The Morgan fingerprint density at radius 2 is 1.82 bits per heavy atom. The summed E-state index contributed by atoms with van der Waals surface area (Å²) in [6.45, 7) is 0.533. The second kappa shape index (κ2) is 9.55. The van der Waals surface area contributed by atoms with E-state index >= 15 is 0 Å². The SMILES string of the molecule is O=C(C=Cc1ccc(-c2cccc(Cl)c2Cl)o1)NC(=S)NCc1ccccc1. The maximum atomic E-state index is 12.0. The molecular weight excluding hydrogens is 415 g/mol. The first-order valence-electron chi connectivity index (χ1n) is 8.38. The molecule has 0 atom stereocenters. The molecule has 7 heteroatoms. The minimum absolute atomic E-state index is 0.254. The van der Waals surface area contributed by atoms with Crippen molar-refractivity contribution in [1.29, 1.82) is 0 Å². The van der Waals surface area contributed by atoms with Crippen molar-refractivity contribution in [2.24, 2.45) is 0 Å². The first-order chi connectivity index (χ1) is 13.5. The van der Waals surface area contributed by atoms with Gasteiger partial charge in [-0.1, -0.05) is 59.6 Å². The Labute approximate surface area is 178 Å². The van der Waals surface area contributed by atoms with E-state index in [0.29, 0.717) is 33.7 Å². The van der Waals surface area contributed by atoms with Crippen molar-refractivity contribution < 1.29 is 9.21 Å². The molecule has 0 spiro atoms. The molecule has 0 radical (unpaired) electrons. The molecule has 0 aliphatic carbocycles. The number of hydrogen-bond acceptors (Lipinski definition) is 3. The molecule has 1 amide bonds. The van der Waals surface area contributed by atoms with Crippen molar-refractivity contribution in [3.05, 3.63) is 88.1 Å². The molecule has 0 aliphatic heterocycles. The van der Waals surface area contributed by atoms with Gasteiger partial charge in [-0.15, -0.1) is 0 Å². The molecule has 0 bridgehead atoms. The van der Waals surface area contributed by atoms with Crippen LogP contribution < -0.4 is 10.6 Å². The van der Waals surface area contributed by atoms with Crippen molar-refractivity contribution in [3.8, 4) is 11.3 Å². The number of hydrogen-bond donors (Lipinski definition) is 2. The summed E-state index contributed by atoms with van der Waals surface area (Å²) < 4.78 is 5.71. The van der Waals surface area contributed by atoms with E-state index in [9.17, 15) is 4.79 Å². The van der Waals surface area contributed by atoms with E-state index in [0.717, 1.165) is 5.56 Å². The standard InChI is InChI=1S/C21H16Cl2N2O2S/c22-17-8-4-7-16(20(17)23)18-11-9-15(27-18)10-12-19(26)25-21(28)24-13-14-5-2-1-3-6-14/h1-12H,13H2,(H2,24,25,26,28). The fourth-order valence-electron chi connectivity index (χ4n) is 2.42. The molecule has 28 heavy (non-hydrogen) atoms. The number of carbonyl (C=O) groups is 1. The predicted octanol–water partition coefficient (Wildman–Crippen LogP) is 5.46. The minimum atomic E-state index is -0.357. The van der Waals surface area contributed by atoms with Crippen LogP contribution in [0.15, 0.2) is 71.2 Å². The fraction of sp³-hybridized carbons (Fsp3) is 0.0476. The Morgan fingerprint density at radius 3 is 2.61 bits per heavy atom. The lowest BCUT2D eigenvalue weighted by molar-refractivity contribution is -0.115. The topological polar surface area (TPSA) is 54.3 Å². The van der Waals surface area contributed by atoms with Crippen LogP contribution in [-0.4, -0.2) is 11.0 Å². The lowest BCUT2D eigenvalue weighted by Crippen LogP contribution is -2.37. The maximum Gasteiger partial charge on any atom is 0.250 e. The Balaban J connectivity index is 1.55. The molecule has 3 rings (SSSR count). The van der Waals surface area contributed by atoms with Crippen molar-refractivity contribution in [3.63, 3.8) is 0 Å². The zero-order valence-corrected chi connectivity index (χ0v) is 16.9. The highest BCUT2D eigenvalue weighted by molar-refractivity contribution is 7.80. The second-order valence-electron chi connectivity index (χ2n) is 5.79. The van der Waals surface area contributed by atoms with Crippen LogP contribution in [0.3, 0.4) is 0 Å². The third kappa shape index (κ3) is 5.45. The summed E-state index contributed by atoms with van der Waals surface area (Å²) in [4.78, 5) is 12.0. The zero-order chi connectivity index (χ0) is 19.9. The quantitative estimate of drug-likeness (QED) is 0.416. The monoisotopic (exact) mass is 430 g/mol. The maximum absolute atomic E-state index is 12.0. The molecule has 1 heterocycles. The first kappa shape index (κ1) is 20.1. The van der Waals surface area contributed by atoms with Crippen LogP contribution in [0.1, 0.15) is 11.3 Å². The van der Waals surface area contributed by atoms with Gasteiger partial charge in [-0.2, -0.15) is 0 Å². The predicted molar refractivity (Wildman–Crippen MR) is 117 cm³/mol. The van der Waals surface area contributed by atoms with Crippen LogP contribution in [0.25, 0.3) is 17.4 Å². The van der Waals surface area contributed by atoms with Gasteiger partial charge >= 0.3 is 0 Å². The molecule has 4 nitrogen and oxygen atoms in total. The highest BCUT2D eigenvalue weighted by atomic mass is 35.5. The summed E-state index contributed by atoms with van der Waals surface area (Å²) in [6.07, 6.45) is 2.90. The molecular formula is C21H16Cl2N2O2S. The van der Waals surface area contributed by atoms with Crippen molar-refractivity contribution in [2.75, 3.05) is 0 Å². The Kier molecular flexibility index (Phi) is 6.87. The van der Waals surface area contributed by atoms with E-state index in [4.69, 9.17) is 39.8 Å². The highest BCUT2D eigenvalue weighted by Crippen LogP contribution is 2.34. The summed E-state index contributed by atoms with van der Waals surface area (Å²) in [5.74, 6) is 0.710. The largest absolute Gasteiger partial charge is 0.457 e. The van der Waals surface area contributed by atoms with E-state index in [1.54, 1.807) is 30.3 Å². The van der Waals surface area contributed by atoms with E-state index in [1.807, 2.05) is 36.4 Å². The Morgan fingerprint density at radius 1 is 1.04 bits per heavy atom. The van der Waals surface area contributed by atoms with E-state index in [-0.39, 0.29) is 11.0 Å². The van der Waals surface area contributed by atoms with Gasteiger partial charge in [0.2, 0.25) is 5.91 Å². The summed E-state index contributed by atoms with van der Waals surface area (Å²) in [6, 6.07) is 18.6. The Bertz CT molecular complexity index is 1020. The molecule has 0 saturated heterocycles. The average Bonchev–Trinajstić information content (AvgIpc) is 3.16. The molecule has 3 aromatic rings. The van der Waals surface area contributed by atoms with Crippen LogP contribution in [0.5, 0.6) is 0 Å². The van der Waals surface area contributed by atoms with Crippen LogP contribution in [0.2, 0.25) is 10.0 Å². The summed E-state index contributed by atoms with van der Waals surface area (Å²) in [5, 5.41) is 6.69. The van der Waals surface area contributed by atoms with Gasteiger partial charge in [0.15, 0.2) is 5.11 Å². The summed E-state index contributed by atoms with van der Waals surface area (Å²) >= 11 is 17.4. The van der Waals surface area contributed by atoms with E-state index in [2.05, 4.69) is 10.6 Å². The lowest BCUT2D eigenvalue weighted by atomic mass is 10.2. The van der Waals surface area contributed by atoms with Gasteiger partial charge in [0, 0.05) is 18.2 Å². The first-order valence-corrected chi connectivity index (χ1v) is 9.54. The van der Waals surface area contributed by atoms with E-state index in [1.165, 1.54) is 6.08 Å². The third-order valence-corrected chi connectivity index (χ3v) is 4.84.